The largest absolute Gasteiger partial charge is 0.494 e. The van der Waals surface area contributed by atoms with E-state index in [1.165, 1.54) is 4.31 Å². The summed E-state index contributed by atoms with van der Waals surface area (Å²) < 4.78 is 35.4. The molecular formula is C23H27N3O5S. The number of sulfonamides is 1. The molecule has 32 heavy (non-hydrogen) atoms. The molecule has 2 aromatic carbocycles. The van der Waals surface area contributed by atoms with Crippen LogP contribution in [0.1, 0.15) is 37.6 Å². The molecule has 1 aromatic heterocycles. The monoisotopic (exact) mass is 457 g/mol. The molecular weight excluding hydrogens is 430 g/mol. The lowest BCUT2D eigenvalue weighted by atomic mass is 10.1. The fraction of sp³-hybridized carbons (Fsp3) is 0.391. The second-order valence-corrected chi connectivity index (χ2v) is 10.1. The minimum Gasteiger partial charge on any atom is -0.494 e. The van der Waals surface area contributed by atoms with Gasteiger partial charge in [0.2, 0.25) is 10.0 Å². The molecule has 0 spiro atoms. The topological polar surface area (TPSA) is 102 Å². The molecule has 8 nitrogen and oxygen atoms in total. The van der Waals surface area contributed by atoms with Gasteiger partial charge in [-0.05, 0) is 63.1 Å². The molecule has 170 valence electrons. The van der Waals surface area contributed by atoms with Gasteiger partial charge in [-0.3, -0.25) is 9.48 Å². The van der Waals surface area contributed by atoms with Crippen LogP contribution in [0.25, 0.3) is 10.9 Å². The summed E-state index contributed by atoms with van der Waals surface area (Å²) in [6.45, 7) is 6.51. The Morgan fingerprint density at radius 1 is 1.22 bits per heavy atom. The molecule has 1 N–H and O–H groups in total. The average molecular weight is 458 g/mol. The number of carboxylic acids is 1. The van der Waals surface area contributed by atoms with Gasteiger partial charge >= 0.3 is 5.97 Å². The summed E-state index contributed by atoms with van der Waals surface area (Å²) in [5.41, 5.74) is 2.36. The lowest BCUT2D eigenvalue weighted by Crippen LogP contribution is -2.34. The van der Waals surface area contributed by atoms with E-state index in [4.69, 9.17) is 4.74 Å². The Kier molecular flexibility index (Phi) is 5.96. The molecule has 0 saturated carbocycles. The molecule has 1 aliphatic rings. The fourth-order valence-corrected chi connectivity index (χ4v) is 6.04. The first-order chi connectivity index (χ1) is 15.2. The summed E-state index contributed by atoms with van der Waals surface area (Å²) in [7, 11) is -3.69. The third kappa shape index (κ3) is 4.10. The van der Waals surface area contributed by atoms with Crippen LogP contribution in [0.4, 0.5) is 0 Å². The Morgan fingerprint density at radius 3 is 2.59 bits per heavy atom. The van der Waals surface area contributed by atoms with E-state index in [0.29, 0.717) is 24.5 Å². The number of carboxylic acid groups (broad SMARTS) is 1. The minimum absolute atomic E-state index is 0.178. The molecule has 1 saturated heterocycles. The summed E-state index contributed by atoms with van der Waals surface area (Å²) >= 11 is 0. The van der Waals surface area contributed by atoms with Crippen molar-refractivity contribution in [3.63, 3.8) is 0 Å². The van der Waals surface area contributed by atoms with Crippen molar-refractivity contribution >= 4 is 26.9 Å². The summed E-state index contributed by atoms with van der Waals surface area (Å²) in [6, 6.07) is 11.8. The van der Waals surface area contributed by atoms with E-state index >= 15 is 0 Å². The first-order valence-corrected chi connectivity index (χ1v) is 12.1. The highest BCUT2D eigenvalue weighted by atomic mass is 32.2. The molecule has 0 bridgehead atoms. The molecule has 3 aromatic rings. The highest BCUT2D eigenvalue weighted by Gasteiger charge is 2.39. The maximum absolute atomic E-state index is 13.3. The van der Waals surface area contributed by atoms with Gasteiger partial charge in [-0.25, -0.2) is 8.42 Å². The predicted octanol–water partition coefficient (Wildman–Crippen LogP) is 3.39. The van der Waals surface area contributed by atoms with Crippen molar-refractivity contribution in [1.82, 2.24) is 14.1 Å². The quantitative estimate of drug-likeness (QED) is 0.584. The molecule has 2 atom stereocenters. The van der Waals surface area contributed by atoms with E-state index in [1.54, 1.807) is 24.3 Å². The molecule has 4 rings (SSSR count). The van der Waals surface area contributed by atoms with Gasteiger partial charge in [-0.2, -0.15) is 9.40 Å². The zero-order valence-electron chi connectivity index (χ0n) is 18.4. The number of aromatic nitrogens is 2. The van der Waals surface area contributed by atoms with Crippen LogP contribution in [-0.2, 0) is 21.2 Å². The van der Waals surface area contributed by atoms with Crippen LogP contribution in [0.3, 0.4) is 0 Å². The molecule has 0 aliphatic carbocycles. The standard InChI is InChI=1S/C23H27N3O5S/c1-4-31-18-6-8-19(9-7-18)32(29,30)25-14-17(12-16(25)3)26-22-11-15(2)5-10-20(22)21(24-26)13-23(27)28/h5-11,16-17H,4,12-14H2,1-3H3,(H,27,28)/t16-,17-/m1/s1. The lowest BCUT2D eigenvalue weighted by Gasteiger charge is -2.21. The van der Waals surface area contributed by atoms with E-state index in [9.17, 15) is 18.3 Å². The number of hydrogen-bond donors (Lipinski definition) is 1. The Hall–Kier alpha value is -2.91. The maximum atomic E-state index is 13.3. The van der Waals surface area contributed by atoms with E-state index in [-0.39, 0.29) is 29.9 Å². The third-order valence-electron chi connectivity index (χ3n) is 5.84. The van der Waals surface area contributed by atoms with Crippen LogP contribution < -0.4 is 4.74 Å². The van der Waals surface area contributed by atoms with Crippen LogP contribution in [0.15, 0.2) is 47.4 Å². The average Bonchev–Trinajstić information content (AvgIpc) is 3.29. The van der Waals surface area contributed by atoms with E-state index < -0.39 is 16.0 Å². The first kappa shape index (κ1) is 22.3. The predicted molar refractivity (Wildman–Crippen MR) is 120 cm³/mol. The molecule has 9 heteroatoms. The zero-order valence-corrected chi connectivity index (χ0v) is 19.2. The van der Waals surface area contributed by atoms with Crippen LogP contribution >= 0.6 is 0 Å². The van der Waals surface area contributed by atoms with Crippen LogP contribution in [0.2, 0.25) is 0 Å². The fourth-order valence-electron chi connectivity index (χ4n) is 4.36. The Labute approximate surface area is 187 Å². The Balaban J connectivity index is 1.66. The van der Waals surface area contributed by atoms with Gasteiger partial charge in [-0.1, -0.05) is 12.1 Å². The summed E-state index contributed by atoms with van der Waals surface area (Å²) in [6.07, 6.45) is 0.413. The van der Waals surface area contributed by atoms with Crippen LogP contribution in [-0.4, -0.2) is 52.8 Å². The van der Waals surface area contributed by atoms with Gasteiger partial charge in [0.15, 0.2) is 0 Å². The van der Waals surface area contributed by atoms with Crippen LogP contribution in [0.5, 0.6) is 5.75 Å². The number of benzene rings is 2. The first-order valence-electron chi connectivity index (χ1n) is 10.6. The Bertz CT molecular complexity index is 1250. The zero-order chi connectivity index (χ0) is 23.0. The summed E-state index contributed by atoms with van der Waals surface area (Å²) in [4.78, 5) is 11.5. The van der Waals surface area contributed by atoms with Crippen molar-refractivity contribution in [1.29, 1.82) is 0 Å². The number of carbonyl (C=O) groups is 1. The number of aryl methyl sites for hydroxylation is 1. The number of rotatable bonds is 7. The van der Waals surface area contributed by atoms with E-state index in [1.807, 2.05) is 43.7 Å². The number of hydrogen-bond acceptors (Lipinski definition) is 5. The highest BCUT2D eigenvalue weighted by Crippen LogP contribution is 2.35. The second-order valence-electron chi connectivity index (χ2n) is 8.20. The van der Waals surface area contributed by atoms with Crippen molar-refractivity contribution in [2.75, 3.05) is 13.2 Å². The number of fused-ring (bicyclic) bond motifs is 1. The summed E-state index contributed by atoms with van der Waals surface area (Å²) in [5.74, 6) is -0.320. The van der Waals surface area contributed by atoms with Gasteiger partial charge in [0.1, 0.15) is 5.75 Å². The summed E-state index contributed by atoms with van der Waals surface area (Å²) in [5, 5.41) is 14.7. The van der Waals surface area contributed by atoms with Gasteiger partial charge in [0, 0.05) is 18.0 Å². The van der Waals surface area contributed by atoms with Gasteiger partial charge < -0.3 is 9.84 Å². The third-order valence-corrected chi connectivity index (χ3v) is 7.84. The van der Waals surface area contributed by atoms with Crippen molar-refractivity contribution in [2.24, 2.45) is 0 Å². The van der Waals surface area contributed by atoms with Crippen molar-refractivity contribution < 1.29 is 23.1 Å². The molecule has 1 fully saturated rings. The molecule has 2 heterocycles. The van der Waals surface area contributed by atoms with Gasteiger partial charge in [0.05, 0.1) is 35.2 Å². The number of nitrogens with zero attached hydrogens (tertiary/aromatic N) is 3. The van der Waals surface area contributed by atoms with Crippen molar-refractivity contribution in [3.05, 3.63) is 53.7 Å². The number of ether oxygens (including phenoxy) is 1. The number of aliphatic carboxylic acids is 1. The molecule has 1 aliphatic heterocycles. The van der Waals surface area contributed by atoms with Crippen molar-refractivity contribution in [3.8, 4) is 5.75 Å². The highest BCUT2D eigenvalue weighted by molar-refractivity contribution is 7.89. The lowest BCUT2D eigenvalue weighted by molar-refractivity contribution is -0.136. The van der Waals surface area contributed by atoms with E-state index in [0.717, 1.165) is 16.5 Å². The van der Waals surface area contributed by atoms with Crippen LogP contribution in [0, 0.1) is 6.92 Å². The molecule has 0 amide bonds. The molecule has 0 radical (unpaired) electrons. The Morgan fingerprint density at radius 2 is 1.94 bits per heavy atom. The SMILES string of the molecule is CCOc1ccc(S(=O)(=O)N2C[C@H](n3nc(CC(=O)O)c4ccc(C)cc43)C[C@H]2C)cc1. The van der Waals surface area contributed by atoms with Crippen molar-refractivity contribution in [2.45, 2.75) is 50.6 Å². The smallest absolute Gasteiger partial charge is 0.309 e. The van der Waals surface area contributed by atoms with Gasteiger partial charge in [-0.15, -0.1) is 0 Å². The molecule has 0 unspecified atom stereocenters. The van der Waals surface area contributed by atoms with E-state index in [2.05, 4.69) is 5.10 Å². The minimum atomic E-state index is -3.69. The van der Waals surface area contributed by atoms with Gasteiger partial charge in [0.25, 0.3) is 0 Å². The normalized spacial score (nSPS) is 19.5. The second kappa shape index (κ2) is 8.55. The maximum Gasteiger partial charge on any atom is 0.309 e.